The molecule has 6 nitrogen and oxygen atoms in total. The Hall–Kier alpha value is -1.63. The van der Waals surface area contributed by atoms with E-state index in [-0.39, 0.29) is 30.2 Å². The molecule has 1 fully saturated rings. The number of nitrogens with zero attached hydrogens (tertiary/aromatic N) is 4. The second kappa shape index (κ2) is 8.84. The monoisotopic (exact) mass is 397 g/mol. The van der Waals surface area contributed by atoms with E-state index in [1.54, 1.807) is 10.7 Å². The number of aryl methyl sites for hydroxylation is 1. The highest BCUT2D eigenvalue weighted by Crippen LogP contribution is 2.24. The van der Waals surface area contributed by atoms with Gasteiger partial charge in [-0.2, -0.15) is 0 Å². The molecule has 0 spiro atoms. The fourth-order valence-corrected chi connectivity index (χ4v) is 3.57. The first-order chi connectivity index (χ1) is 12.0. The van der Waals surface area contributed by atoms with Gasteiger partial charge < -0.3 is 10.6 Å². The zero-order valence-corrected chi connectivity index (χ0v) is 16.6. The van der Waals surface area contributed by atoms with E-state index < -0.39 is 0 Å². The SMILES string of the molecule is CCc1nc(C(=O)N2CCC(C)CC2CN)nn1-c1ccccc1Cl.Cl. The standard InChI is InChI=1S/C18H24ClN5O.ClH/c1-3-16-21-17(22-24(16)15-7-5-4-6-14(15)19)18(25)23-9-8-12(2)10-13(23)11-20;/h4-7,12-13H,3,8-11,20H2,1-2H3;1H. The summed E-state index contributed by atoms with van der Waals surface area (Å²) in [4.78, 5) is 19.3. The lowest BCUT2D eigenvalue weighted by molar-refractivity contribution is 0.0561. The first-order valence-corrected chi connectivity index (χ1v) is 9.14. The van der Waals surface area contributed by atoms with E-state index in [1.165, 1.54) is 0 Å². The number of para-hydroxylation sites is 1. The number of amides is 1. The smallest absolute Gasteiger partial charge is 0.293 e. The summed E-state index contributed by atoms with van der Waals surface area (Å²) in [7, 11) is 0. The second-order valence-corrected chi connectivity index (χ2v) is 6.99. The van der Waals surface area contributed by atoms with Gasteiger partial charge in [-0.05, 0) is 30.9 Å². The van der Waals surface area contributed by atoms with Gasteiger partial charge in [-0.25, -0.2) is 9.67 Å². The summed E-state index contributed by atoms with van der Waals surface area (Å²) in [6, 6.07) is 7.47. The Balaban J connectivity index is 0.00000243. The zero-order chi connectivity index (χ0) is 18.0. The predicted octanol–water partition coefficient (Wildman–Crippen LogP) is 3.10. The highest BCUT2D eigenvalue weighted by atomic mass is 35.5. The quantitative estimate of drug-likeness (QED) is 0.859. The first kappa shape index (κ1) is 20.7. The van der Waals surface area contributed by atoms with Crippen molar-refractivity contribution in [2.45, 2.75) is 39.2 Å². The molecule has 1 aliphatic rings. The zero-order valence-electron chi connectivity index (χ0n) is 15.1. The molecule has 0 radical (unpaired) electrons. The molecule has 1 amide bonds. The van der Waals surface area contributed by atoms with E-state index >= 15 is 0 Å². The van der Waals surface area contributed by atoms with Crippen molar-refractivity contribution >= 4 is 29.9 Å². The summed E-state index contributed by atoms with van der Waals surface area (Å²) in [5, 5.41) is 5.04. The lowest BCUT2D eigenvalue weighted by Crippen LogP contribution is -2.49. The normalized spacial score (nSPS) is 19.9. The molecule has 0 saturated carbocycles. The number of carbonyl (C=O) groups is 1. The van der Waals surface area contributed by atoms with Crippen LogP contribution < -0.4 is 5.73 Å². The minimum atomic E-state index is -0.150. The Morgan fingerprint density at radius 1 is 1.38 bits per heavy atom. The maximum Gasteiger partial charge on any atom is 0.293 e. The van der Waals surface area contributed by atoms with Gasteiger partial charge in [-0.1, -0.05) is 37.6 Å². The average Bonchev–Trinajstić information content (AvgIpc) is 3.05. The molecular formula is C18H25Cl2N5O. The van der Waals surface area contributed by atoms with E-state index in [4.69, 9.17) is 17.3 Å². The number of benzene rings is 1. The number of rotatable bonds is 4. The highest BCUT2D eigenvalue weighted by Gasteiger charge is 2.32. The molecule has 8 heteroatoms. The van der Waals surface area contributed by atoms with Gasteiger partial charge in [0.1, 0.15) is 5.82 Å². The van der Waals surface area contributed by atoms with Crippen molar-refractivity contribution in [3.8, 4) is 5.69 Å². The third-order valence-corrected chi connectivity index (χ3v) is 5.09. The van der Waals surface area contributed by atoms with Crippen molar-refractivity contribution in [1.29, 1.82) is 0 Å². The van der Waals surface area contributed by atoms with Gasteiger partial charge in [0.2, 0.25) is 5.82 Å². The minimum Gasteiger partial charge on any atom is -0.332 e. The van der Waals surface area contributed by atoms with Crippen LogP contribution in [0.15, 0.2) is 24.3 Å². The van der Waals surface area contributed by atoms with Crippen LogP contribution in [0.1, 0.15) is 43.1 Å². The molecular weight excluding hydrogens is 373 g/mol. The van der Waals surface area contributed by atoms with E-state index in [0.717, 1.165) is 18.5 Å². The van der Waals surface area contributed by atoms with Crippen molar-refractivity contribution in [2.75, 3.05) is 13.1 Å². The van der Waals surface area contributed by atoms with E-state index in [0.29, 0.717) is 36.3 Å². The van der Waals surface area contributed by atoms with Crippen LogP contribution in [0.2, 0.25) is 5.02 Å². The number of hydrogen-bond acceptors (Lipinski definition) is 4. The summed E-state index contributed by atoms with van der Waals surface area (Å²) < 4.78 is 1.67. The average molecular weight is 398 g/mol. The molecule has 1 saturated heterocycles. The van der Waals surface area contributed by atoms with Gasteiger partial charge in [-0.3, -0.25) is 4.79 Å². The Labute approximate surface area is 165 Å². The molecule has 3 rings (SSSR count). The molecule has 2 heterocycles. The Kier molecular flexibility index (Phi) is 7.03. The number of aromatic nitrogens is 3. The van der Waals surface area contributed by atoms with Crippen LogP contribution in [0.4, 0.5) is 0 Å². The molecule has 0 bridgehead atoms. The topological polar surface area (TPSA) is 77.0 Å². The second-order valence-electron chi connectivity index (χ2n) is 6.59. The van der Waals surface area contributed by atoms with Crippen LogP contribution in [0.25, 0.3) is 5.69 Å². The van der Waals surface area contributed by atoms with Gasteiger partial charge in [0.15, 0.2) is 0 Å². The van der Waals surface area contributed by atoms with Crippen LogP contribution in [0.3, 0.4) is 0 Å². The first-order valence-electron chi connectivity index (χ1n) is 8.77. The van der Waals surface area contributed by atoms with Gasteiger partial charge in [0.05, 0.1) is 10.7 Å². The Bertz CT molecular complexity index is 764. The van der Waals surface area contributed by atoms with Crippen LogP contribution in [0.5, 0.6) is 0 Å². The molecule has 26 heavy (non-hydrogen) atoms. The third-order valence-electron chi connectivity index (χ3n) is 4.77. The summed E-state index contributed by atoms with van der Waals surface area (Å²) in [6.45, 7) is 5.34. The number of carbonyl (C=O) groups excluding carboxylic acids is 1. The van der Waals surface area contributed by atoms with Gasteiger partial charge in [0, 0.05) is 25.6 Å². The van der Waals surface area contributed by atoms with E-state index in [2.05, 4.69) is 17.0 Å². The summed E-state index contributed by atoms with van der Waals surface area (Å²) >= 11 is 6.29. The Morgan fingerprint density at radius 3 is 2.77 bits per heavy atom. The predicted molar refractivity (Wildman–Crippen MR) is 105 cm³/mol. The van der Waals surface area contributed by atoms with Crippen LogP contribution in [-0.4, -0.2) is 44.7 Å². The summed E-state index contributed by atoms with van der Waals surface area (Å²) in [6.07, 6.45) is 2.56. The molecule has 2 aromatic rings. The van der Waals surface area contributed by atoms with Crippen molar-refractivity contribution < 1.29 is 4.79 Å². The summed E-state index contributed by atoms with van der Waals surface area (Å²) in [5.74, 6) is 1.36. The van der Waals surface area contributed by atoms with Gasteiger partial charge in [0.25, 0.3) is 5.91 Å². The molecule has 1 aromatic carbocycles. The number of halogens is 2. The number of hydrogen-bond donors (Lipinski definition) is 1. The molecule has 1 aromatic heterocycles. The fourth-order valence-electron chi connectivity index (χ4n) is 3.35. The molecule has 0 aliphatic carbocycles. The minimum absolute atomic E-state index is 0. The van der Waals surface area contributed by atoms with Crippen molar-refractivity contribution in [3.63, 3.8) is 0 Å². The molecule has 2 atom stereocenters. The fraction of sp³-hybridized carbons (Fsp3) is 0.500. The lowest BCUT2D eigenvalue weighted by atomic mass is 9.92. The molecule has 1 aliphatic heterocycles. The Morgan fingerprint density at radius 2 is 2.12 bits per heavy atom. The van der Waals surface area contributed by atoms with Crippen LogP contribution in [0, 0.1) is 5.92 Å². The molecule has 2 unspecified atom stereocenters. The number of likely N-dealkylation sites (tertiary alicyclic amines) is 1. The lowest BCUT2D eigenvalue weighted by Gasteiger charge is -2.37. The maximum atomic E-state index is 13.0. The van der Waals surface area contributed by atoms with Crippen molar-refractivity contribution in [2.24, 2.45) is 11.7 Å². The van der Waals surface area contributed by atoms with E-state index in [9.17, 15) is 4.79 Å². The molecule has 142 valence electrons. The van der Waals surface area contributed by atoms with Crippen molar-refractivity contribution in [1.82, 2.24) is 19.7 Å². The van der Waals surface area contributed by atoms with Crippen LogP contribution >= 0.6 is 24.0 Å². The largest absolute Gasteiger partial charge is 0.332 e. The van der Waals surface area contributed by atoms with Gasteiger partial charge >= 0.3 is 0 Å². The number of piperidine rings is 1. The molecule has 2 N–H and O–H groups in total. The summed E-state index contributed by atoms with van der Waals surface area (Å²) in [5.41, 5.74) is 6.62. The number of nitrogens with two attached hydrogens (primary N) is 1. The third kappa shape index (κ3) is 4.03. The van der Waals surface area contributed by atoms with Crippen LogP contribution in [-0.2, 0) is 6.42 Å². The van der Waals surface area contributed by atoms with Crippen molar-refractivity contribution in [3.05, 3.63) is 40.9 Å². The van der Waals surface area contributed by atoms with E-state index in [1.807, 2.05) is 30.0 Å². The maximum absolute atomic E-state index is 13.0. The van der Waals surface area contributed by atoms with Gasteiger partial charge in [-0.15, -0.1) is 17.5 Å². The highest BCUT2D eigenvalue weighted by molar-refractivity contribution is 6.32.